The van der Waals surface area contributed by atoms with E-state index in [2.05, 4.69) is 52.1 Å². The van der Waals surface area contributed by atoms with Gasteiger partial charge in [0.15, 0.2) is 0 Å². The monoisotopic (exact) mass is 293 g/mol. The lowest BCUT2D eigenvalue weighted by Crippen LogP contribution is -2.19. The average molecular weight is 293 g/mol. The van der Waals surface area contributed by atoms with Crippen LogP contribution >= 0.6 is 0 Å². The average Bonchev–Trinajstić information content (AvgIpc) is 2.44. The van der Waals surface area contributed by atoms with Gasteiger partial charge in [0, 0.05) is 6.54 Å². The standard InChI is InChI=1S/C18H31NO2/c1-14(2)12-19-13-17-6-8-18(9-7-17)21-11-10-20-16(5)15(3)4/h6-9,14-16,19H,10-13H2,1-5H3. The predicted molar refractivity (Wildman–Crippen MR) is 88.7 cm³/mol. The molecule has 0 saturated heterocycles. The fourth-order valence-corrected chi connectivity index (χ4v) is 1.79. The van der Waals surface area contributed by atoms with E-state index in [1.54, 1.807) is 0 Å². The summed E-state index contributed by atoms with van der Waals surface area (Å²) in [7, 11) is 0. The molecule has 1 aromatic carbocycles. The van der Waals surface area contributed by atoms with E-state index < -0.39 is 0 Å². The number of hydrogen-bond acceptors (Lipinski definition) is 3. The molecule has 1 aromatic rings. The van der Waals surface area contributed by atoms with Gasteiger partial charge in [0.25, 0.3) is 0 Å². The van der Waals surface area contributed by atoms with Crippen LogP contribution in [0.2, 0.25) is 0 Å². The second kappa shape index (κ2) is 9.80. The summed E-state index contributed by atoms with van der Waals surface area (Å²) in [4.78, 5) is 0. The molecule has 0 radical (unpaired) electrons. The van der Waals surface area contributed by atoms with Gasteiger partial charge in [-0.3, -0.25) is 0 Å². The molecule has 0 amide bonds. The Kier molecular flexibility index (Phi) is 8.40. The van der Waals surface area contributed by atoms with Crippen LogP contribution in [-0.4, -0.2) is 25.9 Å². The van der Waals surface area contributed by atoms with E-state index in [1.807, 2.05) is 12.1 Å². The molecule has 0 aliphatic rings. The first kappa shape index (κ1) is 18.0. The van der Waals surface area contributed by atoms with Crippen LogP contribution in [-0.2, 0) is 11.3 Å². The summed E-state index contributed by atoms with van der Waals surface area (Å²) in [6.07, 6.45) is 0.281. The van der Waals surface area contributed by atoms with E-state index in [-0.39, 0.29) is 6.10 Å². The zero-order chi connectivity index (χ0) is 15.7. The third kappa shape index (κ3) is 8.08. The molecule has 0 fully saturated rings. The first-order valence-corrected chi connectivity index (χ1v) is 8.03. The lowest BCUT2D eigenvalue weighted by Gasteiger charge is -2.16. The van der Waals surface area contributed by atoms with Gasteiger partial charge in [-0.1, -0.05) is 39.8 Å². The molecule has 0 bridgehead atoms. The van der Waals surface area contributed by atoms with Crippen molar-refractivity contribution in [3.05, 3.63) is 29.8 Å². The van der Waals surface area contributed by atoms with E-state index in [4.69, 9.17) is 9.47 Å². The van der Waals surface area contributed by atoms with Crippen molar-refractivity contribution in [1.82, 2.24) is 5.32 Å². The van der Waals surface area contributed by atoms with Crippen LogP contribution < -0.4 is 10.1 Å². The Hall–Kier alpha value is -1.06. The van der Waals surface area contributed by atoms with Crippen LogP contribution in [0, 0.1) is 11.8 Å². The van der Waals surface area contributed by atoms with Crippen molar-refractivity contribution in [2.75, 3.05) is 19.8 Å². The van der Waals surface area contributed by atoms with Crippen LogP contribution in [0.25, 0.3) is 0 Å². The van der Waals surface area contributed by atoms with Crippen molar-refractivity contribution in [3.8, 4) is 5.75 Å². The molecule has 0 aliphatic carbocycles. The molecule has 3 heteroatoms. The third-order valence-electron chi connectivity index (χ3n) is 3.48. The van der Waals surface area contributed by atoms with Crippen LogP contribution in [0.4, 0.5) is 0 Å². The summed E-state index contributed by atoms with van der Waals surface area (Å²) in [6.45, 7) is 14.0. The van der Waals surface area contributed by atoms with Gasteiger partial charge in [-0.05, 0) is 43.0 Å². The van der Waals surface area contributed by atoms with Gasteiger partial charge >= 0.3 is 0 Å². The van der Waals surface area contributed by atoms with Gasteiger partial charge in [-0.2, -0.15) is 0 Å². The van der Waals surface area contributed by atoms with Gasteiger partial charge in [-0.15, -0.1) is 0 Å². The van der Waals surface area contributed by atoms with Crippen molar-refractivity contribution < 1.29 is 9.47 Å². The van der Waals surface area contributed by atoms with Gasteiger partial charge in [0.05, 0.1) is 12.7 Å². The first-order chi connectivity index (χ1) is 9.99. The lowest BCUT2D eigenvalue weighted by molar-refractivity contribution is 0.0188. The molecule has 1 atom stereocenters. The second-order valence-electron chi connectivity index (χ2n) is 6.34. The van der Waals surface area contributed by atoms with Gasteiger partial charge in [-0.25, -0.2) is 0 Å². The SMILES string of the molecule is CC(C)CNCc1ccc(OCCOC(C)C(C)C)cc1. The van der Waals surface area contributed by atoms with Crippen molar-refractivity contribution in [1.29, 1.82) is 0 Å². The Morgan fingerprint density at radius 3 is 2.19 bits per heavy atom. The Morgan fingerprint density at radius 2 is 1.62 bits per heavy atom. The first-order valence-electron chi connectivity index (χ1n) is 8.03. The van der Waals surface area contributed by atoms with Crippen LogP contribution in [0.1, 0.15) is 40.2 Å². The third-order valence-corrected chi connectivity index (χ3v) is 3.48. The smallest absolute Gasteiger partial charge is 0.119 e. The Balaban J connectivity index is 2.22. The molecule has 21 heavy (non-hydrogen) atoms. The van der Waals surface area contributed by atoms with E-state index in [0.29, 0.717) is 25.0 Å². The highest BCUT2D eigenvalue weighted by atomic mass is 16.5. The van der Waals surface area contributed by atoms with E-state index in [0.717, 1.165) is 18.8 Å². The molecule has 0 spiro atoms. The summed E-state index contributed by atoms with van der Waals surface area (Å²) in [5.41, 5.74) is 1.28. The Morgan fingerprint density at radius 1 is 0.952 bits per heavy atom. The topological polar surface area (TPSA) is 30.5 Å². The molecule has 1 rings (SSSR count). The van der Waals surface area contributed by atoms with E-state index in [1.165, 1.54) is 5.56 Å². The second-order valence-corrected chi connectivity index (χ2v) is 6.34. The minimum atomic E-state index is 0.281. The van der Waals surface area contributed by atoms with E-state index >= 15 is 0 Å². The Labute approximate surface area is 130 Å². The summed E-state index contributed by atoms with van der Waals surface area (Å²) in [6, 6.07) is 8.27. The van der Waals surface area contributed by atoms with Gasteiger partial charge < -0.3 is 14.8 Å². The predicted octanol–water partition coefficient (Wildman–Crippen LogP) is 3.87. The molecular formula is C18H31NO2. The maximum absolute atomic E-state index is 5.69. The number of ether oxygens (including phenoxy) is 2. The molecule has 0 heterocycles. The quantitative estimate of drug-likeness (QED) is 0.664. The molecule has 0 aromatic heterocycles. The minimum Gasteiger partial charge on any atom is -0.491 e. The van der Waals surface area contributed by atoms with Crippen molar-refractivity contribution in [2.24, 2.45) is 11.8 Å². The number of rotatable bonds is 10. The maximum Gasteiger partial charge on any atom is 0.119 e. The fourth-order valence-electron chi connectivity index (χ4n) is 1.79. The van der Waals surface area contributed by atoms with Crippen LogP contribution in [0.3, 0.4) is 0 Å². The van der Waals surface area contributed by atoms with E-state index in [9.17, 15) is 0 Å². The molecule has 0 saturated carbocycles. The largest absolute Gasteiger partial charge is 0.491 e. The highest BCUT2D eigenvalue weighted by molar-refractivity contribution is 5.27. The molecule has 3 nitrogen and oxygen atoms in total. The minimum absolute atomic E-state index is 0.281. The van der Waals surface area contributed by atoms with Gasteiger partial charge in [0.2, 0.25) is 0 Å². The van der Waals surface area contributed by atoms with Crippen molar-refractivity contribution in [2.45, 2.75) is 47.3 Å². The summed E-state index contributed by atoms with van der Waals surface area (Å²) < 4.78 is 11.4. The fraction of sp³-hybridized carbons (Fsp3) is 0.667. The van der Waals surface area contributed by atoms with Gasteiger partial charge in [0.1, 0.15) is 12.4 Å². The zero-order valence-electron chi connectivity index (χ0n) is 14.2. The number of benzene rings is 1. The molecular weight excluding hydrogens is 262 g/mol. The number of nitrogens with one attached hydrogen (secondary N) is 1. The maximum atomic E-state index is 5.69. The molecule has 1 unspecified atom stereocenters. The zero-order valence-corrected chi connectivity index (χ0v) is 14.2. The van der Waals surface area contributed by atoms with Crippen molar-refractivity contribution >= 4 is 0 Å². The highest BCUT2D eigenvalue weighted by Gasteiger charge is 2.06. The summed E-state index contributed by atoms with van der Waals surface area (Å²) in [5, 5.41) is 3.44. The highest BCUT2D eigenvalue weighted by Crippen LogP contribution is 2.12. The number of hydrogen-bond donors (Lipinski definition) is 1. The molecule has 1 N–H and O–H groups in total. The lowest BCUT2D eigenvalue weighted by atomic mass is 10.1. The summed E-state index contributed by atoms with van der Waals surface area (Å²) in [5.74, 6) is 2.13. The molecule has 120 valence electrons. The van der Waals surface area contributed by atoms with Crippen molar-refractivity contribution in [3.63, 3.8) is 0 Å². The summed E-state index contributed by atoms with van der Waals surface area (Å²) >= 11 is 0. The molecule has 0 aliphatic heterocycles. The Bertz CT molecular complexity index is 373. The van der Waals surface area contributed by atoms with Crippen LogP contribution in [0.5, 0.6) is 5.75 Å². The normalized spacial score (nSPS) is 12.9. The van der Waals surface area contributed by atoms with Crippen LogP contribution in [0.15, 0.2) is 24.3 Å².